The highest BCUT2D eigenvalue weighted by atomic mass is 15.1. The molecule has 0 saturated heterocycles. The van der Waals surface area contributed by atoms with Crippen molar-refractivity contribution in [2.75, 3.05) is 0 Å². The molecule has 3 rings (SSSR count). The van der Waals surface area contributed by atoms with E-state index in [1.54, 1.807) is 0 Å². The van der Waals surface area contributed by atoms with Crippen LogP contribution < -0.4 is 0 Å². The molecule has 0 radical (unpaired) electrons. The highest BCUT2D eigenvalue weighted by Crippen LogP contribution is 2.27. The first-order valence-corrected chi connectivity index (χ1v) is 5.61. The van der Waals surface area contributed by atoms with E-state index < -0.39 is 0 Å². The number of rotatable bonds is 2. The molecule has 0 spiro atoms. The van der Waals surface area contributed by atoms with Gasteiger partial charge in [0, 0.05) is 11.1 Å². The highest BCUT2D eigenvalue weighted by Gasteiger charge is 2.05. The molecule has 3 aromatic rings. The Kier molecular flexibility index (Phi) is 2.48. The Morgan fingerprint density at radius 1 is 0.944 bits per heavy atom. The Morgan fingerprint density at radius 3 is 2.61 bits per heavy atom. The number of aromatic nitrogens is 1. The van der Waals surface area contributed by atoms with Crippen LogP contribution in [0, 0.1) is 0 Å². The molecule has 4 nitrogen and oxygen atoms in total. The number of para-hydroxylation sites is 2. The summed E-state index contributed by atoms with van der Waals surface area (Å²) in [5, 5.41) is 4.89. The summed E-state index contributed by atoms with van der Waals surface area (Å²) in [4.78, 5) is 2.87. The van der Waals surface area contributed by atoms with E-state index >= 15 is 0 Å². The first-order valence-electron chi connectivity index (χ1n) is 5.61. The van der Waals surface area contributed by atoms with Gasteiger partial charge in [0.25, 0.3) is 0 Å². The van der Waals surface area contributed by atoms with E-state index in [2.05, 4.69) is 16.1 Å². The van der Waals surface area contributed by atoms with E-state index in [1.807, 2.05) is 59.3 Å². The summed E-state index contributed by atoms with van der Waals surface area (Å²) in [6, 6.07) is 17.7. The quantitative estimate of drug-likeness (QED) is 0.354. The molecule has 0 aliphatic carbocycles. The van der Waals surface area contributed by atoms with E-state index in [1.165, 1.54) is 0 Å². The Hall–Kier alpha value is -2.71. The topological polar surface area (TPSA) is 53.7 Å². The molecule has 1 aromatic heterocycles. The third-order valence-corrected chi connectivity index (χ3v) is 2.89. The van der Waals surface area contributed by atoms with E-state index in [-0.39, 0.29) is 0 Å². The molecule has 0 aliphatic rings. The van der Waals surface area contributed by atoms with E-state index in [9.17, 15) is 0 Å². The van der Waals surface area contributed by atoms with Crippen molar-refractivity contribution in [1.82, 2.24) is 4.57 Å². The van der Waals surface area contributed by atoms with E-state index in [0.29, 0.717) is 5.69 Å². The Balaban J connectivity index is 2.29. The minimum Gasteiger partial charge on any atom is -0.316 e. The maximum atomic E-state index is 8.60. The number of benzene rings is 2. The Bertz CT molecular complexity index is 751. The van der Waals surface area contributed by atoms with Gasteiger partial charge in [-0.3, -0.25) is 0 Å². The third kappa shape index (κ3) is 1.61. The molecule has 86 valence electrons. The fraction of sp³-hybridized carbons (Fsp3) is 0. The summed E-state index contributed by atoms with van der Waals surface area (Å²) < 4.78 is 2.03. The molecule has 0 atom stereocenters. The normalized spacial score (nSPS) is 10.2. The standard InChI is InChI=1S/C14H10N4/c15-17-16-12-6-2-4-8-14(12)18-10-9-11-5-1-3-7-13(11)18/h1-10H. The smallest absolute Gasteiger partial charge is 0.0616 e. The first-order chi connectivity index (χ1) is 8.90. The lowest BCUT2D eigenvalue weighted by Crippen LogP contribution is -1.91. The lowest BCUT2D eigenvalue weighted by Gasteiger charge is -2.08. The average Bonchev–Trinajstić information content (AvgIpc) is 2.84. The number of fused-ring (bicyclic) bond motifs is 1. The van der Waals surface area contributed by atoms with Crippen LogP contribution in [0.1, 0.15) is 0 Å². The third-order valence-electron chi connectivity index (χ3n) is 2.89. The monoisotopic (exact) mass is 234 g/mol. The summed E-state index contributed by atoms with van der Waals surface area (Å²) in [7, 11) is 0. The van der Waals surface area contributed by atoms with Crippen LogP contribution in [0.3, 0.4) is 0 Å². The van der Waals surface area contributed by atoms with Crippen LogP contribution in [0.5, 0.6) is 0 Å². The number of hydrogen-bond acceptors (Lipinski definition) is 1. The second-order valence-corrected chi connectivity index (χ2v) is 3.92. The molecule has 0 fully saturated rings. The second-order valence-electron chi connectivity index (χ2n) is 3.92. The number of azide groups is 1. The van der Waals surface area contributed by atoms with Crippen LogP contribution >= 0.6 is 0 Å². The van der Waals surface area contributed by atoms with Gasteiger partial charge in [-0.05, 0) is 29.1 Å². The fourth-order valence-electron chi connectivity index (χ4n) is 2.09. The van der Waals surface area contributed by atoms with Crippen molar-refractivity contribution in [3.8, 4) is 5.69 Å². The Labute approximate surface area is 104 Å². The largest absolute Gasteiger partial charge is 0.316 e. The van der Waals surface area contributed by atoms with Crippen LogP contribution in [0.4, 0.5) is 5.69 Å². The molecule has 0 unspecified atom stereocenters. The average molecular weight is 234 g/mol. The van der Waals surface area contributed by atoms with Gasteiger partial charge in [0.1, 0.15) is 0 Å². The zero-order chi connectivity index (χ0) is 12.4. The number of hydrogen-bond donors (Lipinski definition) is 0. The molecule has 18 heavy (non-hydrogen) atoms. The van der Waals surface area contributed by atoms with Crippen LogP contribution in [-0.2, 0) is 0 Å². The fourth-order valence-corrected chi connectivity index (χ4v) is 2.09. The zero-order valence-corrected chi connectivity index (χ0v) is 9.56. The van der Waals surface area contributed by atoms with Crippen molar-refractivity contribution in [1.29, 1.82) is 0 Å². The molecule has 0 aliphatic heterocycles. The van der Waals surface area contributed by atoms with Gasteiger partial charge in [0.15, 0.2) is 0 Å². The molecule has 1 heterocycles. The molecular weight excluding hydrogens is 224 g/mol. The van der Waals surface area contributed by atoms with Crippen LogP contribution in [0.25, 0.3) is 27.0 Å². The van der Waals surface area contributed by atoms with Crippen molar-refractivity contribution in [2.45, 2.75) is 0 Å². The SMILES string of the molecule is [N-]=[N+]=Nc1ccccc1-n1ccc2ccccc21. The predicted octanol–water partition coefficient (Wildman–Crippen LogP) is 4.57. The highest BCUT2D eigenvalue weighted by molar-refractivity contribution is 5.83. The maximum absolute atomic E-state index is 8.60. The Morgan fingerprint density at radius 2 is 1.72 bits per heavy atom. The maximum Gasteiger partial charge on any atom is 0.0616 e. The van der Waals surface area contributed by atoms with Gasteiger partial charge in [0.2, 0.25) is 0 Å². The van der Waals surface area contributed by atoms with Crippen molar-refractivity contribution < 1.29 is 0 Å². The summed E-state index contributed by atoms with van der Waals surface area (Å²) in [5.41, 5.74) is 11.2. The zero-order valence-electron chi connectivity index (χ0n) is 9.56. The van der Waals surface area contributed by atoms with Gasteiger partial charge in [-0.15, -0.1) is 0 Å². The molecular formula is C14H10N4. The van der Waals surface area contributed by atoms with Crippen LogP contribution in [0.15, 0.2) is 65.9 Å². The summed E-state index contributed by atoms with van der Waals surface area (Å²) >= 11 is 0. The van der Waals surface area contributed by atoms with E-state index in [0.717, 1.165) is 16.6 Å². The second kappa shape index (κ2) is 4.28. The van der Waals surface area contributed by atoms with Gasteiger partial charge in [-0.25, -0.2) is 0 Å². The van der Waals surface area contributed by atoms with Gasteiger partial charge in [-0.2, -0.15) is 0 Å². The predicted molar refractivity (Wildman–Crippen MR) is 72.1 cm³/mol. The van der Waals surface area contributed by atoms with Crippen LogP contribution in [0.2, 0.25) is 0 Å². The molecule has 0 amide bonds. The lowest BCUT2D eigenvalue weighted by molar-refractivity contribution is 1.12. The first kappa shape index (κ1) is 10.4. The molecule has 0 N–H and O–H groups in total. The lowest BCUT2D eigenvalue weighted by atomic mass is 10.2. The van der Waals surface area contributed by atoms with Gasteiger partial charge in [-0.1, -0.05) is 41.5 Å². The molecule has 0 saturated carbocycles. The molecule has 0 bridgehead atoms. The van der Waals surface area contributed by atoms with E-state index in [4.69, 9.17) is 5.53 Å². The van der Waals surface area contributed by atoms with Gasteiger partial charge >= 0.3 is 0 Å². The van der Waals surface area contributed by atoms with Crippen molar-refractivity contribution in [3.05, 3.63) is 71.2 Å². The van der Waals surface area contributed by atoms with Crippen molar-refractivity contribution in [2.24, 2.45) is 5.11 Å². The minimum atomic E-state index is 0.626. The van der Waals surface area contributed by atoms with Crippen molar-refractivity contribution >= 4 is 16.6 Å². The summed E-state index contributed by atoms with van der Waals surface area (Å²) in [6.07, 6.45) is 1.98. The van der Waals surface area contributed by atoms with Gasteiger partial charge < -0.3 is 4.57 Å². The molecule has 4 heteroatoms. The van der Waals surface area contributed by atoms with Crippen molar-refractivity contribution in [3.63, 3.8) is 0 Å². The number of nitrogens with zero attached hydrogens (tertiary/aromatic N) is 4. The summed E-state index contributed by atoms with van der Waals surface area (Å²) in [5.74, 6) is 0. The minimum absolute atomic E-state index is 0.626. The van der Waals surface area contributed by atoms with Gasteiger partial charge in [0.05, 0.1) is 16.9 Å². The molecule has 2 aromatic carbocycles. The summed E-state index contributed by atoms with van der Waals surface area (Å²) in [6.45, 7) is 0. The van der Waals surface area contributed by atoms with Crippen LogP contribution in [-0.4, -0.2) is 4.57 Å².